The summed E-state index contributed by atoms with van der Waals surface area (Å²) in [6, 6.07) is 17.3. The molecule has 8 fully saturated rings. The van der Waals surface area contributed by atoms with Gasteiger partial charge < -0.3 is 28.4 Å². The largest absolute Gasteiger partial charge is 0.339 e. The van der Waals surface area contributed by atoms with E-state index in [1.165, 1.54) is 21.7 Å². The molecule has 43 heavy (non-hydrogen) atoms. The van der Waals surface area contributed by atoms with Gasteiger partial charge in [0.2, 0.25) is 0 Å². The highest BCUT2D eigenvalue weighted by molar-refractivity contribution is 7.69. The van der Waals surface area contributed by atoms with Gasteiger partial charge in [-0.05, 0) is 107 Å². The zero-order valence-corrected chi connectivity index (χ0v) is 28.6. The molecule has 8 aliphatic heterocycles. The van der Waals surface area contributed by atoms with Crippen LogP contribution >= 0.6 is 15.8 Å². The average Bonchev–Trinajstić information content (AvgIpc) is 2.75. The zero-order valence-electron chi connectivity index (χ0n) is 26.8. The Morgan fingerprint density at radius 1 is 0.442 bits per heavy atom. The predicted molar refractivity (Wildman–Crippen MR) is 174 cm³/mol. The Kier molecular flexibility index (Phi) is 7.11. The van der Waals surface area contributed by atoms with Crippen molar-refractivity contribution in [3.63, 3.8) is 0 Å². The van der Waals surface area contributed by atoms with Crippen LogP contribution in [-0.2, 0) is 28.4 Å². The van der Waals surface area contributed by atoms with Gasteiger partial charge in [-0.3, -0.25) is 0 Å². The molecule has 0 N–H and O–H groups in total. The first-order chi connectivity index (χ1) is 19.3. The van der Waals surface area contributed by atoms with Gasteiger partial charge in [-0.15, -0.1) is 0 Å². The van der Waals surface area contributed by atoms with Crippen LogP contribution in [0, 0.1) is 13.8 Å². The fourth-order valence-corrected chi connectivity index (χ4v) is 18.1. The normalized spacial score (nSPS) is 50.2. The lowest BCUT2D eigenvalue weighted by Gasteiger charge is -2.69. The van der Waals surface area contributed by atoms with Crippen LogP contribution in [0.2, 0.25) is 0 Å². The third-order valence-electron chi connectivity index (χ3n) is 9.81. The third kappa shape index (κ3) is 4.90. The molecule has 8 heterocycles. The number of hydrogen-bond donors (Lipinski definition) is 0. The highest BCUT2D eigenvalue weighted by Crippen LogP contribution is 2.77. The van der Waals surface area contributed by atoms with E-state index in [9.17, 15) is 0 Å². The van der Waals surface area contributed by atoms with Crippen LogP contribution in [0.25, 0.3) is 0 Å². The highest BCUT2D eigenvalue weighted by atomic mass is 31.1. The summed E-state index contributed by atoms with van der Waals surface area (Å²) in [5, 5.41) is 2.07. The first-order valence-corrected chi connectivity index (χ1v) is 18.0. The summed E-state index contributed by atoms with van der Waals surface area (Å²) in [6.45, 7) is 21.6. The van der Waals surface area contributed by atoms with Gasteiger partial charge in [-0.1, -0.05) is 56.0 Å². The number of benzene rings is 2. The van der Waals surface area contributed by atoms with Crippen molar-refractivity contribution in [1.82, 2.24) is 0 Å². The van der Waals surface area contributed by atoms with Gasteiger partial charge in [0.15, 0.2) is 23.1 Å². The number of hydrogen-bond acceptors (Lipinski definition) is 6. The Hall–Kier alpha value is -0.940. The summed E-state index contributed by atoms with van der Waals surface area (Å²) < 4.78 is 38.1. The number of ether oxygens (including phenoxy) is 6. The number of rotatable bonds is 2. The molecule has 2 aromatic rings. The summed E-state index contributed by atoms with van der Waals surface area (Å²) in [5.41, 5.74) is 2.67. The van der Waals surface area contributed by atoms with Crippen LogP contribution in [0.15, 0.2) is 48.5 Å². The van der Waals surface area contributed by atoms with Crippen LogP contribution in [0.1, 0.15) is 99.6 Å². The van der Waals surface area contributed by atoms with Crippen molar-refractivity contribution < 1.29 is 28.4 Å². The molecule has 2 aromatic carbocycles. The molecule has 0 aromatic heterocycles. The van der Waals surface area contributed by atoms with E-state index in [0.29, 0.717) is 0 Å². The smallest absolute Gasteiger partial charge is 0.173 e. The molecular weight excluding hydrogens is 578 g/mol. The van der Waals surface area contributed by atoms with E-state index in [-0.39, 0.29) is 28.8 Å². The van der Waals surface area contributed by atoms with E-state index in [4.69, 9.17) is 28.4 Å². The Balaban J connectivity index is 0.000000150. The first kappa shape index (κ1) is 32.0. The minimum atomic E-state index is -0.574. The molecule has 0 saturated carbocycles. The standard InChI is InChI=1S/2C17H23O3P.CH4/c2*1-12-8-6-7-9-13(12)21-16(4)10-14(2)18-15(3,20-16)11-17(21,5)19-14;/h2*6-9H,10-11H2,1-5H3;1H4. The molecule has 8 saturated heterocycles. The summed E-state index contributed by atoms with van der Waals surface area (Å²) in [5.74, 6) is -2.07. The lowest BCUT2D eigenvalue weighted by molar-refractivity contribution is -0.468. The second-order valence-corrected chi connectivity index (χ2v) is 20.9. The van der Waals surface area contributed by atoms with Crippen LogP contribution in [0.5, 0.6) is 0 Å². The van der Waals surface area contributed by atoms with Gasteiger partial charge in [0, 0.05) is 25.7 Å². The molecule has 0 amide bonds. The molecule has 0 spiro atoms. The SMILES string of the molecule is C.Cc1ccccc1P1C2(C)CC3(C)OC(C)(CC1(C)O3)O2.Cc1ccccc1P1C2(C)CC3(C)OC(C)(CC1(C)O3)O2. The second kappa shape index (κ2) is 9.55. The maximum absolute atomic E-state index is 6.48. The van der Waals surface area contributed by atoms with E-state index >= 15 is 0 Å². The van der Waals surface area contributed by atoms with Crippen molar-refractivity contribution in [2.24, 2.45) is 0 Å². The summed E-state index contributed by atoms with van der Waals surface area (Å²) in [7, 11) is -1.15. The Morgan fingerprint density at radius 2 is 0.698 bits per heavy atom. The van der Waals surface area contributed by atoms with Crippen LogP contribution in [0.4, 0.5) is 0 Å². The van der Waals surface area contributed by atoms with Crippen molar-refractivity contribution in [2.75, 3.05) is 0 Å². The highest BCUT2D eigenvalue weighted by Gasteiger charge is 2.72. The first-order valence-electron chi connectivity index (χ1n) is 15.3. The minimum Gasteiger partial charge on any atom is -0.339 e. The van der Waals surface area contributed by atoms with Gasteiger partial charge in [0.25, 0.3) is 0 Å². The van der Waals surface area contributed by atoms with Crippen molar-refractivity contribution in [2.45, 2.75) is 147 Å². The molecule has 236 valence electrons. The molecular formula is C35H50O6P2. The third-order valence-corrected chi connectivity index (χ3v) is 16.6. The molecule has 0 aliphatic carbocycles. The van der Waals surface area contributed by atoms with Gasteiger partial charge in [-0.2, -0.15) is 0 Å². The fraction of sp³-hybridized carbons (Fsp3) is 0.657. The maximum atomic E-state index is 6.48. The summed E-state index contributed by atoms with van der Waals surface area (Å²) in [6.07, 6.45) is 3.19. The molecule has 8 unspecified atom stereocenters. The van der Waals surface area contributed by atoms with Crippen molar-refractivity contribution >= 4 is 26.5 Å². The monoisotopic (exact) mass is 628 g/mol. The van der Waals surface area contributed by atoms with Gasteiger partial charge in [0.05, 0.1) is 21.4 Å². The fourth-order valence-electron chi connectivity index (χ4n) is 9.82. The average molecular weight is 629 g/mol. The summed E-state index contributed by atoms with van der Waals surface area (Å²) in [4.78, 5) is 0. The Bertz CT molecular complexity index is 1250. The van der Waals surface area contributed by atoms with Crippen molar-refractivity contribution in [3.05, 3.63) is 59.7 Å². The van der Waals surface area contributed by atoms with Crippen LogP contribution in [-0.4, -0.2) is 44.5 Å². The van der Waals surface area contributed by atoms with Gasteiger partial charge in [-0.25, -0.2) is 0 Å². The van der Waals surface area contributed by atoms with Crippen molar-refractivity contribution in [1.29, 1.82) is 0 Å². The molecule has 6 nitrogen and oxygen atoms in total. The lowest BCUT2D eigenvalue weighted by atomic mass is 9.98. The topological polar surface area (TPSA) is 55.4 Å². The minimum absolute atomic E-state index is 0. The molecule has 0 radical (unpaired) electrons. The van der Waals surface area contributed by atoms with Gasteiger partial charge >= 0.3 is 0 Å². The lowest BCUT2D eigenvalue weighted by Crippen LogP contribution is -2.72. The quantitative estimate of drug-likeness (QED) is 0.312. The van der Waals surface area contributed by atoms with Gasteiger partial charge in [0.1, 0.15) is 0 Å². The van der Waals surface area contributed by atoms with Crippen LogP contribution in [0.3, 0.4) is 0 Å². The van der Waals surface area contributed by atoms with E-state index in [1.807, 2.05) is 0 Å². The Morgan fingerprint density at radius 3 is 0.953 bits per heavy atom. The molecule has 10 rings (SSSR count). The second-order valence-electron chi connectivity index (χ2n) is 14.8. The van der Waals surface area contributed by atoms with E-state index in [2.05, 4.69) is 118 Å². The number of aryl methyl sites for hydroxylation is 2. The predicted octanol–water partition coefficient (Wildman–Crippen LogP) is 8.31. The van der Waals surface area contributed by atoms with Crippen molar-refractivity contribution in [3.8, 4) is 0 Å². The molecule has 8 aliphatic rings. The zero-order chi connectivity index (χ0) is 30.2. The molecule has 8 bridgehead atoms. The maximum Gasteiger partial charge on any atom is 0.173 e. The molecule has 8 heteroatoms. The van der Waals surface area contributed by atoms with Crippen LogP contribution < -0.4 is 10.6 Å². The van der Waals surface area contributed by atoms with E-state index in [1.54, 1.807) is 0 Å². The Labute approximate surface area is 261 Å². The van der Waals surface area contributed by atoms with E-state index < -0.39 is 39.0 Å². The summed E-state index contributed by atoms with van der Waals surface area (Å²) >= 11 is 0. The molecule has 8 atom stereocenters. The van der Waals surface area contributed by atoms with E-state index in [0.717, 1.165) is 25.7 Å².